The van der Waals surface area contributed by atoms with Crippen molar-refractivity contribution in [1.29, 1.82) is 0 Å². The van der Waals surface area contributed by atoms with Crippen molar-refractivity contribution in [2.24, 2.45) is 5.92 Å². The van der Waals surface area contributed by atoms with Crippen LogP contribution in [0.25, 0.3) is 0 Å². The van der Waals surface area contributed by atoms with Crippen LogP contribution in [0.2, 0.25) is 0 Å². The summed E-state index contributed by atoms with van der Waals surface area (Å²) in [4.78, 5) is 39.4. The van der Waals surface area contributed by atoms with Crippen LogP contribution in [0, 0.1) is 19.8 Å². The summed E-state index contributed by atoms with van der Waals surface area (Å²) in [6.07, 6.45) is 0. The number of rotatable bonds is 9. The van der Waals surface area contributed by atoms with Crippen LogP contribution in [0.1, 0.15) is 51.6 Å². The standard InChI is InChI=1S/C28H30N2O6/c1-17(2)13-29-28(33)26-8-6-21(36-26)14-30-23-12-20(5-7-25(23)35-16-27(30)32)24(31)15-34-22-10-18(3)9-19(4)11-22/h5-12,17H,13-16H2,1-4H3,(H,29,33). The second kappa shape index (κ2) is 10.7. The van der Waals surface area contributed by atoms with Crippen molar-refractivity contribution in [2.45, 2.75) is 34.2 Å². The first kappa shape index (κ1) is 25.0. The largest absolute Gasteiger partial charge is 0.485 e. The van der Waals surface area contributed by atoms with E-state index in [0.29, 0.717) is 41.0 Å². The van der Waals surface area contributed by atoms with Gasteiger partial charge in [0.25, 0.3) is 11.8 Å². The number of furan rings is 1. The first-order chi connectivity index (χ1) is 17.2. The van der Waals surface area contributed by atoms with Crippen LogP contribution < -0.4 is 19.7 Å². The summed E-state index contributed by atoms with van der Waals surface area (Å²) in [7, 11) is 0. The summed E-state index contributed by atoms with van der Waals surface area (Å²) >= 11 is 0. The number of hydrogen-bond donors (Lipinski definition) is 1. The molecule has 0 spiro atoms. The van der Waals surface area contributed by atoms with Crippen molar-refractivity contribution in [3.8, 4) is 11.5 Å². The lowest BCUT2D eigenvalue weighted by atomic mass is 10.1. The molecule has 1 aromatic heterocycles. The topological polar surface area (TPSA) is 98.1 Å². The van der Waals surface area contributed by atoms with Gasteiger partial charge in [0.2, 0.25) is 0 Å². The van der Waals surface area contributed by atoms with Crippen molar-refractivity contribution in [3.63, 3.8) is 0 Å². The van der Waals surface area contributed by atoms with E-state index in [1.165, 1.54) is 4.90 Å². The Labute approximate surface area is 210 Å². The van der Waals surface area contributed by atoms with E-state index in [2.05, 4.69) is 5.32 Å². The number of Topliss-reactive ketones (excluding diaryl/α,β-unsaturated/α-hetero) is 1. The monoisotopic (exact) mass is 490 g/mol. The number of amides is 2. The second-order valence-corrected chi connectivity index (χ2v) is 9.36. The van der Waals surface area contributed by atoms with Crippen molar-refractivity contribution in [1.82, 2.24) is 5.32 Å². The first-order valence-electron chi connectivity index (χ1n) is 11.9. The number of carbonyl (C=O) groups excluding carboxylic acids is 3. The maximum absolute atomic E-state index is 12.9. The lowest BCUT2D eigenvalue weighted by molar-refractivity contribution is -0.121. The minimum atomic E-state index is -0.305. The first-order valence-corrected chi connectivity index (χ1v) is 11.9. The molecule has 2 amide bonds. The van der Waals surface area contributed by atoms with E-state index < -0.39 is 0 Å². The lowest BCUT2D eigenvalue weighted by Gasteiger charge is -2.29. The van der Waals surface area contributed by atoms with Crippen molar-refractivity contribution in [3.05, 3.63) is 76.7 Å². The summed E-state index contributed by atoms with van der Waals surface area (Å²) < 4.78 is 17.0. The van der Waals surface area contributed by atoms with Crippen molar-refractivity contribution in [2.75, 3.05) is 24.7 Å². The summed E-state index contributed by atoms with van der Waals surface area (Å²) in [5.74, 6) is 1.25. The Hall–Kier alpha value is -4.07. The van der Waals surface area contributed by atoms with Gasteiger partial charge in [-0.25, -0.2) is 0 Å². The number of carbonyl (C=O) groups is 3. The predicted octanol–water partition coefficient (Wildman–Crippen LogP) is 4.47. The fourth-order valence-corrected chi connectivity index (χ4v) is 3.92. The molecule has 2 aromatic carbocycles. The Morgan fingerprint density at radius 3 is 2.53 bits per heavy atom. The van der Waals surface area contributed by atoms with E-state index in [-0.39, 0.29) is 43.1 Å². The van der Waals surface area contributed by atoms with E-state index >= 15 is 0 Å². The molecular weight excluding hydrogens is 460 g/mol. The van der Waals surface area contributed by atoms with Gasteiger partial charge < -0.3 is 19.2 Å². The molecule has 0 saturated carbocycles. The number of fused-ring (bicyclic) bond motifs is 1. The van der Waals surface area contributed by atoms with Crippen LogP contribution in [0.5, 0.6) is 11.5 Å². The average Bonchev–Trinajstić information content (AvgIpc) is 3.30. The van der Waals surface area contributed by atoms with Gasteiger partial charge in [0.05, 0.1) is 12.2 Å². The summed E-state index contributed by atoms with van der Waals surface area (Å²) in [6, 6.07) is 14.0. The van der Waals surface area contributed by atoms with E-state index in [1.807, 2.05) is 45.9 Å². The number of aryl methyl sites for hydroxylation is 2. The van der Waals surface area contributed by atoms with Gasteiger partial charge >= 0.3 is 0 Å². The van der Waals surface area contributed by atoms with E-state index in [9.17, 15) is 14.4 Å². The highest BCUT2D eigenvalue weighted by Gasteiger charge is 2.28. The molecule has 0 saturated heterocycles. The number of nitrogens with one attached hydrogen (secondary N) is 1. The van der Waals surface area contributed by atoms with Crippen LogP contribution in [0.4, 0.5) is 5.69 Å². The molecule has 8 heteroatoms. The number of hydrogen-bond acceptors (Lipinski definition) is 6. The third-order valence-electron chi connectivity index (χ3n) is 5.66. The number of ether oxygens (including phenoxy) is 2. The Morgan fingerprint density at radius 2 is 1.81 bits per heavy atom. The molecule has 2 heterocycles. The summed E-state index contributed by atoms with van der Waals surface area (Å²) in [5.41, 5.74) is 2.97. The van der Waals surface area contributed by atoms with Crippen LogP contribution in [-0.2, 0) is 11.3 Å². The van der Waals surface area contributed by atoms with Gasteiger partial charge in [-0.1, -0.05) is 19.9 Å². The molecule has 4 rings (SSSR count). The highest BCUT2D eigenvalue weighted by atomic mass is 16.5. The van der Waals surface area contributed by atoms with E-state index in [1.54, 1.807) is 30.3 Å². The van der Waals surface area contributed by atoms with Gasteiger partial charge in [0, 0.05) is 12.1 Å². The normalized spacial score (nSPS) is 12.8. The lowest BCUT2D eigenvalue weighted by Crippen LogP contribution is -2.38. The van der Waals surface area contributed by atoms with Crippen LogP contribution in [0.15, 0.2) is 52.9 Å². The third kappa shape index (κ3) is 5.94. The molecule has 0 atom stereocenters. The van der Waals surface area contributed by atoms with E-state index in [0.717, 1.165) is 11.1 Å². The zero-order valence-electron chi connectivity index (χ0n) is 20.9. The summed E-state index contributed by atoms with van der Waals surface area (Å²) in [5, 5.41) is 2.81. The second-order valence-electron chi connectivity index (χ2n) is 9.36. The molecule has 0 fully saturated rings. The minimum Gasteiger partial charge on any atom is -0.485 e. The fourth-order valence-electron chi connectivity index (χ4n) is 3.92. The maximum atomic E-state index is 12.9. The van der Waals surface area contributed by atoms with Gasteiger partial charge in [-0.15, -0.1) is 0 Å². The number of nitrogens with zero attached hydrogens (tertiary/aromatic N) is 1. The number of anilines is 1. The molecule has 0 aliphatic carbocycles. The number of ketones is 1. The van der Waals surface area contributed by atoms with E-state index in [4.69, 9.17) is 13.9 Å². The molecule has 1 aliphatic rings. The van der Waals surface area contributed by atoms with Crippen molar-refractivity contribution < 1.29 is 28.3 Å². The number of benzene rings is 2. The molecule has 1 aliphatic heterocycles. The van der Waals surface area contributed by atoms with Gasteiger partial charge in [-0.2, -0.15) is 0 Å². The SMILES string of the molecule is Cc1cc(C)cc(OCC(=O)c2ccc3c(c2)N(Cc2ccc(C(=O)NCC(C)C)o2)C(=O)CO3)c1. The zero-order valence-corrected chi connectivity index (χ0v) is 20.9. The van der Waals surface area contributed by atoms with Gasteiger partial charge in [-0.3, -0.25) is 19.3 Å². The highest BCUT2D eigenvalue weighted by molar-refractivity contribution is 6.02. The maximum Gasteiger partial charge on any atom is 0.287 e. The quantitative estimate of drug-likeness (QED) is 0.445. The molecule has 3 aromatic rings. The van der Waals surface area contributed by atoms with Crippen LogP contribution in [-0.4, -0.2) is 37.4 Å². The predicted molar refractivity (Wildman–Crippen MR) is 135 cm³/mol. The van der Waals surface area contributed by atoms with Crippen LogP contribution >= 0.6 is 0 Å². The molecule has 0 unspecified atom stereocenters. The Bertz CT molecular complexity index is 1270. The smallest absolute Gasteiger partial charge is 0.287 e. The summed E-state index contributed by atoms with van der Waals surface area (Å²) in [6.45, 7) is 8.32. The Morgan fingerprint density at radius 1 is 1.06 bits per heavy atom. The molecular formula is C28H30N2O6. The average molecular weight is 491 g/mol. The van der Waals surface area contributed by atoms with Gasteiger partial charge in [0.1, 0.15) is 17.3 Å². The van der Waals surface area contributed by atoms with Gasteiger partial charge in [0.15, 0.2) is 24.8 Å². The molecule has 8 nitrogen and oxygen atoms in total. The van der Waals surface area contributed by atoms with Gasteiger partial charge in [-0.05, 0) is 73.4 Å². The van der Waals surface area contributed by atoms with Crippen LogP contribution in [0.3, 0.4) is 0 Å². The van der Waals surface area contributed by atoms with Crippen molar-refractivity contribution >= 4 is 23.3 Å². The molecule has 1 N–H and O–H groups in total. The zero-order chi connectivity index (χ0) is 25.8. The Kier molecular flexibility index (Phi) is 7.43. The fraction of sp³-hybridized carbons (Fsp3) is 0.321. The molecule has 0 bridgehead atoms. The molecule has 36 heavy (non-hydrogen) atoms. The highest BCUT2D eigenvalue weighted by Crippen LogP contribution is 2.34. The third-order valence-corrected chi connectivity index (χ3v) is 5.66. The molecule has 188 valence electrons. The molecule has 0 radical (unpaired) electrons. The Balaban J connectivity index is 1.48. The minimum absolute atomic E-state index is 0.101.